The van der Waals surface area contributed by atoms with E-state index in [0.717, 1.165) is 22.6 Å². The van der Waals surface area contributed by atoms with Gasteiger partial charge in [-0.25, -0.2) is 0 Å². The topological polar surface area (TPSA) is 36.9 Å². The molecule has 0 aromatic heterocycles. The minimum atomic E-state index is -3.95. The van der Waals surface area contributed by atoms with Gasteiger partial charge in [-0.05, 0) is 0 Å². The van der Waals surface area contributed by atoms with E-state index in [1.807, 2.05) is 76.2 Å². The molecule has 23 heavy (non-hydrogen) atoms. The van der Waals surface area contributed by atoms with E-state index in [-0.39, 0.29) is 0 Å². The van der Waals surface area contributed by atoms with Crippen LogP contribution in [0.1, 0.15) is 25.0 Å². The molecule has 0 aliphatic carbocycles. The number of para-hydroxylation sites is 2. The quantitative estimate of drug-likeness (QED) is 0.648. The maximum atomic E-state index is 6.19. The molecule has 0 amide bonds. The molecule has 2 aromatic carbocycles. The van der Waals surface area contributed by atoms with Crippen LogP contribution in [-0.2, 0) is 24.8 Å². The SMILES string of the molecule is CC[O][Ti]([O]CC)([O]c1ccccc1C)[O]c1ccccc1C. The summed E-state index contributed by atoms with van der Waals surface area (Å²) in [6.07, 6.45) is 0. The van der Waals surface area contributed by atoms with Gasteiger partial charge in [0.15, 0.2) is 0 Å². The first-order chi connectivity index (χ1) is 11.1. The van der Waals surface area contributed by atoms with Crippen molar-refractivity contribution >= 4 is 0 Å². The molecule has 0 bridgehead atoms. The van der Waals surface area contributed by atoms with E-state index < -0.39 is 18.1 Å². The van der Waals surface area contributed by atoms with Crippen molar-refractivity contribution in [3.8, 4) is 11.5 Å². The van der Waals surface area contributed by atoms with Crippen molar-refractivity contribution in [3.05, 3.63) is 59.7 Å². The number of rotatable bonds is 8. The van der Waals surface area contributed by atoms with Crippen LogP contribution in [0, 0.1) is 13.8 Å². The first-order valence-electron chi connectivity index (χ1n) is 7.87. The Hall–Kier alpha value is -1.33. The van der Waals surface area contributed by atoms with Crippen molar-refractivity contribution < 1.29 is 31.4 Å². The fourth-order valence-corrected chi connectivity index (χ4v) is 5.37. The first-order valence-corrected chi connectivity index (χ1v) is 10.4. The first kappa shape index (κ1) is 18.0. The average Bonchev–Trinajstić information content (AvgIpc) is 2.52. The molecular weight excluding hydrogens is 328 g/mol. The number of hydrogen-bond acceptors (Lipinski definition) is 4. The van der Waals surface area contributed by atoms with Crippen LogP contribution in [0.3, 0.4) is 0 Å². The van der Waals surface area contributed by atoms with E-state index >= 15 is 0 Å². The number of hydrogen-bond donors (Lipinski definition) is 0. The van der Waals surface area contributed by atoms with Gasteiger partial charge in [0.1, 0.15) is 0 Å². The molecule has 0 radical (unpaired) electrons. The van der Waals surface area contributed by atoms with Crippen molar-refractivity contribution in [1.82, 2.24) is 0 Å². The van der Waals surface area contributed by atoms with Gasteiger partial charge < -0.3 is 0 Å². The van der Waals surface area contributed by atoms with Crippen molar-refractivity contribution in [2.45, 2.75) is 27.7 Å². The summed E-state index contributed by atoms with van der Waals surface area (Å²) < 4.78 is 24.2. The Balaban J connectivity index is 2.34. The molecule has 0 aliphatic rings. The van der Waals surface area contributed by atoms with Crippen molar-refractivity contribution in [2.75, 3.05) is 13.2 Å². The van der Waals surface area contributed by atoms with Gasteiger partial charge in [-0.15, -0.1) is 0 Å². The third-order valence-electron chi connectivity index (χ3n) is 3.30. The summed E-state index contributed by atoms with van der Waals surface area (Å²) in [7, 11) is 0. The third-order valence-corrected chi connectivity index (χ3v) is 6.77. The molecule has 2 rings (SSSR count). The van der Waals surface area contributed by atoms with Crippen LogP contribution >= 0.6 is 0 Å². The zero-order chi connectivity index (χ0) is 16.7. The molecule has 0 fully saturated rings. The predicted molar refractivity (Wildman–Crippen MR) is 86.9 cm³/mol. The van der Waals surface area contributed by atoms with Crippen LogP contribution < -0.4 is 6.64 Å². The van der Waals surface area contributed by atoms with Gasteiger partial charge in [0.05, 0.1) is 0 Å². The van der Waals surface area contributed by atoms with Gasteiger partial charge in [-0.1, -0.05) is 0 Å². The van der Waals surface area contributed by atoms with Crippen LogP contribution in [0.2, 0.25) is 0 Å². The minimum absolute atomic E-state index is 0.470. The van der Waals surface area contributed by atoms with Crippen molar-refractivity contribution in [2.24, 2.45) is 0 Å². The fourth-order valence-electron chi connectivity index (χ4n) is 2.15. The third kappa shape index (κ3) is 4.82. The van der Waals surface area contributed by atoms with Crippen LogP contribution in [0.4, 0.5) is 0 Å². The molecule has 0 aliphatic heterocycles. The molecule has 124 valence electrons. The Kier molecular flexibility index (Phi) is 6.66. The molecule has 0 N–H and O–H groups in total. The second kappa shape index (κ2) is 8.51. The molecule has 0 spiro atoms. The molecule has 0 atom stereocenters. The van der Waals surface area contributed by atoms with Gasteiger partial charge in [0, 0.05) is 0 Å². The zero-order valence-electron chi connectivity index (χ0n) is 14.2. The second-order valence-electron chi connectivity index (χ2n) is 5.10. The summed E-state index contributed by atoms with van der Waals surface area (Å²) in [5.41, 5.74) is 2.05. The molecule has 0 saturated carbocycles. The average molecular weight is 352 g/mol. The summed E-state index contributed by atoms with van der Waals surface area (Å²) in [6, 6.07) is 15.6. The summed E-state index contributed by atoms with van der Waals surface area (Å²) in [6.45, 7) is 8.76. The molecule has 0 unspecified atom stereocenters. The van der Waals surface area contributed by atoms with E-state index in [0.29, 0.717) is 13.2 Å². The summed E-state index contributed by atoms with van der Waals surface area (Å²) >= 11 is -3.95. The summed E-state index contributed by atoms with van der Waals surface area (Å²) in [4.78, 5) is 0. The Bertz CT molecular complexity index is 574. The Morgan fingerprint density at radius 3 is 1.43 bits per heavy atom. The maximum absolute atomic E-state index is 6.19. The van der Waals surface area contributed by atoms with E-state index in [2.05, 4.69) is 0 Å². The van der Waals surface area contributed by atoms with E-state index in [9.17, 15) is 0 Å². The standard InChI is InChI=1S/2C7H8O.2C2H5O.Ti/c2*1-6-4-2-3-5-7(6)8;2*1-2-3;/h2*2-5,8H,1H3;2*2H2,1H3;/q;;2*-1;+4/p-2. The second-order valence-corrected chi connectivity index (χ2v) is 8.20. The van der Waals surface area contributed by atoms with E-state index in [4.69, 9.17) is 13.3 Å². The fraction of sp³-hybridized carbons (Fsp3) is 0.333. The van der Waals surface area contributed by atoms with Gasteiger partial charge >= 0.3 is 143 Å². The molecule has 4 nitrogen and oxygen atoms in total. The molecular formula is C18H24O4Ti. The van der Waals surface area contributed by atoms with Crippen LogP contribution in [0.5, 0.6) is 11.5 Å². The van der Waals surface area contributed by atoms with Gasteiger partial charge in [-0.2, -0.15) is 0 Å². The van der Waals surface area contributed by atoms with Gasteiger partial charge in [0.2, 0.25) is 0 Å². The molecule has 5 heteroatoms. The molecule has 0 heterocycles. The van der Waals surface area contributed by atoms with E-state index in [1.54, 1.807) is 0 Å². The number of benzene rings is 2. The zero-order valence-corrected chi connectivity index (χ0v) is 15.7. The predicted octanol–water partition coefficient (Wildman–Crippen LogP) is 4.65. The van der Waals surface area contributed by atoms with Crippen LogP contribution in [0.15, 0.2) is 48.5 Å². The summed E-state index contributed by atoms with van der Waals surface area (Å²) in [5.74, 6) is 1.48. The normalized spacial score (nSPS) is 11.3. The molecule has 2 aromatic rings. The Labute approximate surface area is 143 Å². The van der Waals surface area contributed by atoms with Crippen molar-refractivity contribution in [1.29, 1.82) is 0 Å². The Morgan fingerprint density at radius 1 is 0.696 bits per heavy atom. The Morgan fingerprint density at radius 2 is 1.09 bits per heavy atom. The molecule has 0 saturated heterocycles. The van der Waals surface area contributed by atoms with Crippen LogP contribution in [-0.4, -0.2) is 13.2 Å². The van der Waals surface area contributed by atoms with Gasteiger partial charge in [0.25, 0.3) is 0 Å². The summed E-state index contributed by atoms with van der Waals surface area (Å²) in [5, 5.41) is 0. The monoisotopic (exact) mass is 352 g/mol. The van der Waals surface area contributed by atoms with Crippen molar-refractivity contribution in [3.63, 3.8) is 0 Å². The number of aryl methyl sites for hydroxylation is 2. The van der Waals surface area contributed by atoms with Gasteiger partial charge in [-0.3, -0.25) is 0 Å². The van der Waals surface area contributed by atoms with E-state index in [1.165, 1.54) is 0 Å². The van der Waals surface area contributed by atoms with Crippen LogP contribution in [0.25, 0.3) is 0 Å².